The van der Waals surface area contributed by atoms with E-state index in [1.807, 2.05) is 0 Å². The summed E-state index contributed by atoms with van der Waals surface area (Å²) < 4.78 is 49.3. The van der Waals surface area contributed by atoms with Crippen LogP contribution in [0.1, 0.15) is 25.8 Å². The first kappa shape index (κ1) is 17.0. The van der Waals surface area contributed by atoms with E-state index in [4.69, 9.17) is 0 Å². The SMILES string of the molecule is [CH2]CCc1ccccc1N(S(=O)(=O)CC)S(=O)(=O)CC. The summed E-state index contributed by atoms with van der Waals surface area (Å²) in [7, 11) is -7.80. The number of aryl methyl sites for hydroxylation is 1. The van der Waals surface area contributed by atoms with E-state index >= 15 is 0 Å². The standard InChI is InChI=1S/C13H20NO4S2/c1-4-9-12-10-7-8-11-13(12)14(19(15,16)5-2)20(17,18)6-3/h7-8,10-11H,1,4-6,9H2,2-3H3. The molecule has 0 aliphatic heterocycles. The topological polar surface area (TPSA) is 71.5 Å². The van der Waals surface area contributed by atoms with Crippen LogP contribution in [0.15, 0.2) is 24.3 Å². The Morgan fingerprint density at radius 1 is 1.00 bits per heavy atom. The van der Waals surface area contributed by atoms with E-state index in [0.717, 1.165) is 0 Å². The van der Waals surface area contributed by atoms with Crippen molar-refractivity contribution >= 4 is 25.7 Å². The number of benzene rings is 1. The molecule has 0 unspecified atom stereocenters. The van der Waals surface area contributed by atoms with Crippen molar-refractivity contribution in [2.24, 2.45) is 0 Å². The van der Waals surface area contributed by atoms with E-state index in [1.165, 1.54) is 19.9 Å². The third-order valence-corrected chi connectivity index (χ3v) is 7.10. The van der Waals surface area contributed by atoms with Crippen LogP contribution >= 0.6 is 0 Å². The van der Waals surface area contributed by atoms with Crippen LogP contribution in [0, 0.1) is 6.92 Å². The molecule has 0 N–H and O–H groups in total. The van der Waals surface area contributed by atoms with Gasteiger partial charge in [-0.2, -0.15) is 3.71 Å². The van der Waals surface area contributed by atoms with E-state index < -0.39 is 20.0 Å². The summed E-state index contributed by atoms with van der Waals surface area (Å²) in [4.78, 5) is 0. The average molecular weight is 318 g/mol. The van der Waals surface area contributed by atoms with Gasteiger partial charge in [-0.25, -0.2) is 16.8 Å². The van der Waals surface area contributed by atoms with E-state index in [9.17, 15) is 16.8 Å². The van der Waals surface area contributed by atoms with Gasteiger partial charge in [-0.1, -0.05) is 25.1 Å². The van der Waals surface area contributed by atoms with Crippen LogP contribution in [0.25, 0.3) is 0 Å². The first-order valence-corrected chi connectivity index (χ1v) is 9.65. The fourth-order valence-corrected chi connectivity index (χ4v) is 5.24. The average Bonchev–Trinajstić information content (AvgIpc) is 2.41. The minimum atomic E-state index is -3.90. The predicted molar refractivity (Wildman–Crippen MR) is 81.5 cm³/mol. The highest BCUT2D eigenvalue weighted by Gasteiger charge is 2.32. The third kappa shape index (κ3) is 3.52. The van der Waals surface area contributed by atoms with Crippen LogP contribution in [0.4, 0.5) is 5.69 Å². The summed E-state index contributed by atoms with van der Waals surface area (Å²) >= 11 is 0. The lowest BCUT2D eigenvalue weighted by molar-refractivity contribution is 0.585. The van der Waals surface area contributed by atoms with Gasteiger partial charge in [0.1, 0.15) is 0 Å². The van der Waals surface area contributed by atoms with Gasteiger partial charge in [0.25, 0.3) is 0 Å². The lowest BCUT2D eigenvalue weighted by atomic mass is 10.1. The van der Waals surface area contributed by atoms with Gasteiger partial charge in [0, 0.05) is 0 Å². The van der Waals surface area contributed by atoms with Gasteiger partial charge in [0.15, 0.2) is 0 Å². The molecule has 1 aromatic rings. The Labute approximate surface area is 121 Å². The Balaban J connectivity index is 3.56. The van der Waals surface area contributed by atoms with Crippen molar-refractivity contribution in [2.45, 2.75) is 26.7 Å². The zero-order valence-corrected chi connectivity index (χ0v) is 13.4. The lowest BCUT2D eigenvalue weighted by Crippen LogP contribution is -2.39. The molecule has 0 atom stereocenters. The predicted octanol–water partition coefficient (Wildman–Crippen LogP) is 1.96. The fourth-order valence-electron chi connectivity index (χ4n) is 1.80. The van der Waals surface area contributed by atoms with Crippen LogP contribution in [-0.4, -0.2) is 28.3 Å². The molecule has 0 aliphatic carbocycles. The maximum atomic E-state index is 12.2. The number of rotatable bonds is 7. The number of nitrogens with zero attached hydrogens (tertiary/aromatic N) is 1. The molecule has 0 amide bonds. The molecule has 0 heterocycles. The molecule has 0 saturated heterocycles. The molecule has 7 heteroatoms. The summed E-state index contributed by atoms with van der Waals surface area (Å²) in [5.41, 5.74) is 0.872. The Morgan fingerprint density at radius 2 is 1.50 bits per heavy atom. The van der Waals surface area contributed by atoms with Crippen LogP contribution in [0.3, 0.4) is 0 Å². The molecule has 0 fully saturated rings. The van der Waals surface area contributed by atoms with Crippen molar-refractivity contribution < 1.29 is 16.8 Å². The molecule has 0 bridgehead atoms. The second kappa shape index (κ2) is 6.58. The molecule has 113 valence electrons. The Kier molecular flexibility index (Phi) is 5.59. The highest BCUT2D eigenvalue weighted by atomic mass is 32.3. The van der Waals surface area contributed by atoms with E-state index in [1.54, 1.807) is 18.2 Å². The third-order valence-electron chi connectivity index (χ3n) is 2.87. The molecule has 1 radical (unpaired) electrons. The number of sulfonamides is 2. The lowest BCUT2D eigenvalue weighted by Gasteiger charge is -2.25. The molecule has 0 spiro atoms. The molecule has 1 rings (SSSR count). The van der Waals surface area contributed by atoms with Crippen LogP contribution in [0.2, 0.25) is 0 Å². The summed E-state index contributed by atoms with van der Waals surface area (Å²) in [6.07, 6.45) is 1.08. The zero-order chi connectivity index (χ0) is 15.4. The van der Waals surface area contributed by atoms with Crippen molar-refractivity contribution in [3.63, 3.8) is 0 Å². The normalized spacial score (nSPS) is 12.3. The largest absolute Gasteiger partial charge is 0.247 e. The van der Waals surface area contributed by atoms with E-state index in [-0.39, 0.29) is 17.2 Å². The molecular weight excluding hydrogens is 298 g/mol. The van der Waals surface area contributed by atoms with Crippen LogP contribution < -0.4 is 3.71 Å². The summed E-state index contributed by atoms with van der Waals surface area (Å²) in [6, 6.07) is 6.63. The van der Waals surface area contributed by atoms with Gasteiger partial charge in [0.05, 0.1) is 17.2 Å². The van der Waals surface area contributed by atoms with Crippen molar-refractivity contribution in [2.75, 3.05) is 15.2 Å². The Morgan fingerprint density at radius 3 is 1.95 bits per heavy atom. The van der Waals surface area contributed by atoms with E-state index in [2.05, 4.69) is 6.92 Å². The van der Waals surface area contributed by atoms with Gasteiger partial charge in [-0.05, 0) is 38.3 Å². The second-order valence-corrected chi connectivity index (χ2v) is 8.67. The number of hydrogen-bond acceptors (Lipinski definition) is 4. The van der Waals surface area contributed by atoms with Gasteiger partial charge in [-0.3, -0.25) is 0 Å². The van der Waals surface area contributed by atoms with Gasteiger partial charge < -0.3 is 0 Å². The summed E-state index contributed by atoms with van der Waals surface area (Å²) in [5, 5.41) is 0. The van der Waals surface area contributed by atoms with Crippen molar-refractivity contribution in [3.05, 3.63) is 36.8 Å². The smallest absolute Gasteiger partial charge is 0.205 e. The number of hydrogen-bond donors (Lipinski definition) is 0. The van der Waals surface area contributed by atoms with E-state index in [0.29, 0.717) is 22.1 Å². The first-order chi connectivity index (χ1) is 9.30. The number of para-hydroxylation sites is 1. The van der Waals surface area contributed by atoms with Crippen molar-refractivity contribution in [1.82, 2.24) is 0 Å². The summed E-state index contributed by atoms with van der Waals surface area (Å²) in [5.74, 6) is -0.546. The molecule has 5 nitrogen and oxygen atoms in total. The molecular formula is C13H20NO4S2. The van der Waals surface area contributed by atoms with Crippen LogP contribution in [-0.2, 0) is 26.5 Å². The van der Waals surface area contributed by atoms with Crippen molar-refractivity contribution in [1.29, 1.82) is 0 Å². The maximum absolute atomic E-state index is 12.2. The minimum absolute atomic E-state index is 0.208. The molecule has 0 aromatic heterocycles. The minimum Gasteiger partial charge on any atom is -0.205 e. The van der Waals surface area contributed by atoms with Gasteiger partial charge in [-0.15, -0.1) is 0 Å². The first-order valence-electron chi connectivity index (χ1n) is 6.43. The fraction of sp³-hybridized carbons (Fsp3) is 0.462. The Hall–Kier alpha value is -1.08. The Bertz CT molecular complexity index is 617. The molecule has 0 aliphatic rings. The second-order valence-electron chi connectivity index (χ2n) is 4.23. The van der Waals surface area contributed by atoms with Gasteiger partial charge >= 0.3 is 0 Å². The van der Waals surface area contributed by atoms with Crippen LogP contribution in [0.5, 0.6) is 0 Å². The molecule has 0 saturated carbocycles. The monoisotopic (exact) mass is 318 g/mol. The highest BCUT2D eigenvalue weighted by molar-refractivity contribution is 8.10. The number of anilines is 1. The molecule has 20 heavy (non-hydrogen) atoms. The van der Waals surface area contributed by atoms with Crippen molar-refractivity contribution in [3.8, 4) is 0 Å². The molecule has 1 aromatic carbocycles. The maximum Gasteiger partial charge on any atom is 0.247 e. The highest BCUT2D eigenvalue weighted by Crippen LogP contribution is 2.27. The quantitative estimate of drug-likeness (QED) is 0.770. The zero-order valence-electron chi connectivity index (χ0n) is 11.7. The van der Waals surface area contributed by atoms with Gasteiger partial charge in [0.2, 0.25) is 20.0 Å². The summed E-state index contributed by atoms with van der Waals surface area (Å²) in [6.45, 7) is 6.58.